The lowest BCUT2D eigenvalue weighted by atomic mass is 10.1. The molecular weight excluding hydrogens is 428 g/mol. The van der Waals surface area contributed by atoms with Gasteiger partial charge < -0.3 is 9.47 Å². The monoisotopic (exact) mass is 440 g/mol. The molecule has 0 atom stereocenters. The first-order valence-electron chi connectivity index (χ1n) is 9.19. The van der Waals surface area contributed by atoms with Crippen LogP contribution in [0.5, 0.6) is 11.5 Å². The fourth-order valence-electron chi connectivity index (χ4n) is 3.06. The van der Waals surface area contributed by atoms with E-state index in [1.807, 2.05) is 0 Å². The van der Waals surface area contributed by atoms with E-state index in [1.165, 1.54) is 12.1 Å². The highest BCUT2D eigenvalue weighted by Crippen LogP contribution is 2.35. The van der Waals surface area contributed by atoms with E-state index in [-0.39, 0.29) is 16.9 Å². The van der Waals surface area contributed by atoms with Crippen LogP contribution in [0.4, 0.5) is 17.6 Å². The van der Waals surface area contributed by atoms with Gasteiger partial charge in [-0.25, -0.2) is 27.2 Å². The van der Waals surface area contributed by atoms with Crippen LogP contribution in [0.3, 0.4) is 0 Å². The summed E-state index contributed by atoms with van der Waals surface area (Å²) < 4.78 is 64.7. The van der Waals surface area contributed by atoms with Crippen LogP contribution in [0.1, 0.15) is 20.7 Å². The van der Waals surface area contributed by atoms with Crippen molar-refractivity contribution in [2.24, 2.45) is 0 Å². The Morgan fingerprint density at radius 1 is 0.594 bits per heavy atom. The van der Waals surface area contributed by atoms with Crippen LogP contribution in [0.2, 0.25) is 0 Å². The summed E-state index contributed by atoms with van der Waals surface area (Å²) in [7, 11) is 0. The lowest BCUT2D eigenvalue weighted by Gasteiger charge is -2.12. The number of hydrogen-bond donors (Lipinski definition) is 0. The van der Waals surface area contributed by atoms with Crippen LogP contribution in [-0.4, -0.2) is 11.9 Å². The Hall–Kier alpha value is -4.20. The van der Waals surface area contributed by atoms with E-state index in [0.29, 0.717) is 17.5 Å². The maximum Gasteiger partial charge on any atom is 0.346 e. The van der Waals surface area contributed by atoms with Gasteiger partial charge in [0.05, 0.1) is 16.5 Å². The van der Waals surface area contributed by atoms with Gasteiger partial charge >= 0.3 is 11.9 Å². The van der Waals surface area contributed by atoms with Crippen molar-refractivity contribution in [3.63, 3.8) is 0 Å². The molecular formula is C24H12F4O4. The minimum absolute atomic E-state index is 0.0702. The van der Waals surface area contributed by atoms with Crippen molar-refractivity contribution in [3.8, 4) is 11.5 Å². The van der Waals surface area contributed by atoms with Crippen molar-refractivity contribution in [2.75, 3.05) is 0 Å². The van der Waals surface area contributed by atoms with Crippen LogP contribution in [-0.2, 0) is 0 Å². The van der Waals surface area contributed by atoms with E-state index in [0.717, 1.165) is 24.3 Å². The van der Waals surface area contributed by atoms with E-state index >= 15 is 0 Å². The Labute approximate surface area is 178 Å². The summed E-state index contributed by atoms with van der Waals surface area (Å²) >= 11 is 0. The zero-order chi connectivity index (χ0) is 22.8. The van der Waals surface area contributed by atoms with Crippen LogP contribution < -0.4 is 9.47 Å². The molecule has 0 saturated carbocycles. The lowest BCUT2D eigenvalue weighted by molar-refractivity contribution is 0.0730. The van der Waals surface area contributed by atoms with Gasteiger partial charge in [0.25, 0.3) is 0 Å². The first-order valence-corrected chi connectivity index (χ1v) is 9.19. The van der Waals surface area contributed by atoms with Crippen molar-refractivity contribution in [2.45, 2.75) is 0 Å². The molecule has 0 bridgehead atoms. The van der Waals surface area contributed by atoms with Gasteiger partial charge in [-0.1, -0.05) is 24.3 Å². The maximum atomic E-state index is 14.0. The van der Waals surface area contributed by atoms with Gasteiger partial charge in [0, 0.05) is 12.1 Å². The molecule has 4 rings (SSSR count). The smallest absolute Gasteiger partial charge is 0.346 e. The number of carbonyl (C=O) groups is 2. The average molecular weight is 440 g/mol. The molecule has 0 heterocycles. The Morgan fingerprint density at radius 3 is 1.44 bits per heavy atom. The molecule has 0 aliphatic heterocycles. The summed E-state index contributed by atoms with van der Waals surface area (Å²) in [4.78, 5) is 24.9. The van der Waals surface area contributed by atoms with E-state index < -0.39 is 46.3 Å². The molecule has 32 heavy (non-hydrogen) atoms. The molecule has 160 valence electrons. The molecule has 0 fully saturated rings. The second kappa shape index (κ2) is 8.50. The maximum absolute atomic E-state index is 14.0. The van der Waals surface area contributed by atoms with Crippen LogP contribution in [0, 0.1) is 23.3 Å². The number of rotatable bonds is 4. The fraction of sp³-hybridized carbons (Fsp3) is 0. The predicted octanol–water partition coefficient (Wildman–Crippen LogP) is 5.83. The number of ether oxygens (including phenoxy) is 2. The first kappa shape index (κ1) is 21.0. The van der Waals surface area contributed by atoms with Crippen LogP contribution >= 0.6 is 0 Å². The fourth-order valence-corrected chi connectivity index (χ4v) is 3.06. The summed E-state index contributed by atoms with van der Waals surface area (Å²) in [6.07, 6.45) is 0. The van der Waals surface area contributed by atoms with E-state index in [2.05, 4.69) is 0 Å². The second-order valence-corrected chi connectivity index (χ2v) is 6.64. The van der Waals surface area contributed by atoms with Crippen LogP contribution in [0.15, 0.2) is 72.8 Å². The molecule has 0 saturated heterocycles. The van der Waals surface area contributed by atoms with Gasteiger partial charge in [-0.05, 0) is 41.8 Å². The molecule has 0 amide bonds. The molecule has 0 aliphatic carbocycles. The summed E-state index contributed by atoms with van der Waals surface area (Å²) in [6.45, 7) is 0. The predicted molar refractivity (Wildman–Crippen MR) is 107 cm³/mol. The highest BCUT2D eigenvalue weighted by atomic mass is 19.1. The highest BCUT2D eigenvalue weighted by molar-refractivity contribution is 6.00. The van der Waals surface area contributed by atoms with Crippen molar-refractivity contribution < 1.29 is 36.6 Å². The molecule has 4 aromatic rings. The minimum Gasteiger partial charge on any atom is -0.422 e. The van der Waals surface area contributed by atoms with E-state index in [1.54, 1.807) is 24.3 Å². The number of carbonyl (C=O) groups excluding carboxylic acids is 2. The number of fused-ring (bicyclic) bond motifs is 1. The normalized spacial score (nSPS) is 10.8. The SMILES string of the molecule is O=C(Oc1cccc2cccc(OC(=O)c3ccc(F)cc3F)c12)c1ccc(F)cc1F. The Morgan fingerprint density at radius 2 is 1.03 bits per heavy atom. The molecule has 0 radical (unpaired) electrons. The Kier molecular flexibility index (Phi) is 5.59. The zero-order valence-corrected chi connectivity index (χ0v) is 16.1. The molecule has 8 heteroatoms. The van der Waals surface area contributed by atoms with Crippen molar-refractivity contribution in [1.82, 2.24) is 0 Å². The van der Waals surface area contributed by atoms with Crippen molar-refractivity contribution >= 4 is 22.7 Å². The minimum atomic E-state index is -1.10. The quantitative estimate of drug-likeness (QED) is 0.228. The third-order valence-electron chi connectivity index (χ3n) is 4.54. The Balaban J connectivity index is 1.70. The second-order valence-electron chi connectivity index (χ2n) is 6.64. The third-order valence-corrected chi connectivity index (χ3v) is 4.54. The Bertz CT molecular complexity index is 1270. The molecule has 0 N–H and O–H groups in total. The summed E-state index contributed by atoms with van der Waals surface area (Å²) in [5.74, 6) is -6.25. The molecule has 0 aromatic heterocycles. The number of esters is 2. The summed E-state index contributed by atoms with van der Waals surface area (Å²) in [5, 5.41) is 0.682. The van der Waals surface area contributed by atoms with Gasteiger partial charge in [0.2, 0.25) is 0 Å². The summed E-state index contributed by atoms with van der Waals surface area (Å²) in [6, 6.07) is 14.0. The van der Waals surface area contributed by atoms with Gasteiger partial charge in [-0.15, -0.1) is 0 Å². The number of halogens is 4. The molecule has 4 aromatic carbocycles. The van der Waals surface area contributed by atoms with Gasteiger partial charge in [0.15, 0.2) is 0 Å². The molecule has 0 aliphatic rings. The van der Waals surface area contributed by atoms with Gasteiger partial charge in [0.1, 0.15) is 34.8 Å². The lowest BCUT2D eigenvalue weighted by Crippen LogP contribution is -2.13. The summed E-state index contributed by atoms with van der Waals surface area (Å²) in [5.41, 5.74) is -0.988. The van der Waals surface area contributed by atoms with Crippen molar-refractivity contribution in [1.29, 1.82) is 0 Å². The zero-order valence-electron chi connectivity index (χ0n) is 16.1. The van der Waals surface area contributed by atoms with Gasteiger partial charge in [-0.3, -0.25) is 0 Å². The number of hydrogen-bond acceptors (Lipinski definition) is 4. The molecule has 0 spiro atoms. The topological polar surface area (TPSA) is 52.6 Å². The van der Waals surface area contributed by atoms with Crippen LogP contribution in [0.25, 0.3) is 10.8 Å². The van der Waals surface area contributed by atoms with E-state index in [9.17, 15) is 27.2 Å². The van der Waals surface area contributed by atoms with Crippen molar-refractivity contribution in [3.05, 3.63) is 107 Å². The van der Waals surface area contributed by atoms with E-state index in [4.69, 9.17) is 9.47 Å². The standard InChI is InChI=1S/C24H12F4O4/c25-14-7-9-16(18(27)11-14)23(29)31-20-5-1-3-13-4-2-6-21(22(13)20)32-24(30)17-10-8-15(26)12-19(17)28/h1-12H. The third kappa shape index (κ3) is 4.15. The molecule has 4 nitrogen and oxygen atoms in total. The average Bonchev–Trinajstić information content (AvgIpc) is 2.73. The highest BCUT2D eigenvalue weighted by Gasteiger charge is 2.20. The first-order chi connectivity index (χ1) is 15.3. The molecule has 0 unspecified atom stereocenters. The number of benzene rings is 4. The van der Waals surface area contributed by atoms with Gasteiger partial charge in [-0.2, -0.15) is 0 Å². The largest absolute Gasteiger partial charge is 0.422 e.